The Balaban J connectivity index is 1.44. The van der Waals surface area contributed by atoms with Crippen molar-refractivity contribution >= 4 is 11.8 Å². The quantitative estimate of drug-likeness (QED) is 0.444. The van der Waals surface area contributed by atoms with Gasteiger partial charge in [-0.3, -0.25) is 9.55 Å². The molecule has 1 atom stereocenters. The Morgan fingerprint density at radius 1 is 0.967 bits per heavy atom. The molecule has 1 aliphatic heterocycles. The van der Waals surface area contributed by atoms with Crippen molar-refractivity contribution < 1.29 is 9.47 Å². The fourth-order valence-electron chi connectivity index (χ4n) is 3.40. The third-order valence-electron chi connectivity index (χ3n) is 4.89. The van der Waals surface area contributed by atoms with Crippen molar-refractivity contribution in [2.75, 3.05) is 12.4 Å². The van der Waals surface area contributed by atoms with Gasteiger partial charge in [0, 0.05) is 23.7 Å². The van der Waals surface area contributed by atoms with Gasteiger partial charge in [-0.15, -0.1) is 10.2 Å². The number of fused-ring (bicyclic) bond motifs is 1. The van der Waals surface area contributed by atoms with Crippen LogP contribution in [0.15, 0.2) is 78.2 Å². The standard InChI is InChI=1S/C23H20N4O2S/c1-16-6-2-3-7-19(16)27-22(17-10-12-24-13-11-17)25-26-23(27)30-15-18-14-28-20-8-4-5-9-21(20)29-18/h2-13,18H,14-15H2,1H3/t18-/m1/s1. The largest absolute Gasteiger partial charge is 0.486 e. The molecular weight excluding hydrogens is 396 g/mol. The van der Waals surface area contributed by atoms with Crippen LogP contribution in [-0.4, -0.2) is 38.2 Å². The summed E-state index contributed by atoms with van der Waals surface area (Å²) in [5.41, 5.74) is 3.18. The average molecular weight is 417 g/mol. The number of thioether (sulfide) groups is 1. The zero-order valence-electron chi connectivity index (χ0n) is 16.4. The number of hydrogen-bond acceptors (Lipinski definition) is 6. The molecule has 0 saturated carbocycles. The van der Waals surface area contributed by atoms with Crippen LogP contribution in [0.5, 0.6) is 11.5 Å². The number of aryl methyl sites for hydroxylation is 1. The van der Waals surface area contributed by atoms with Gasteiger partial charge in [-0.1, -0.05) is 42.1 Å². The lowest BCUT2D eigenvalue weighted by atomic mass is 10.2. The second kappa shape index (κ2) is 8.20. The first-order chi connectivity index (χ1) is 14.8. The number of pyridine rings is 1. The molecule has 0 spiro atoms. The van der Waals surface area contributed by atoms with Crippen molar-refractivity contribution in [2.24, 2.45) is 0 Å². The van der Waals surface area contributed by atoms with Crippen LogP contribution in [0.25, 0.3) is 17.1 Å². The molecule has 3 heterocycles. The van der Waals surface area contributed by atoms with E-state index in [0.29, 0.717) is 12.4 Å². The molecule has 0 unspecified atom stereocenters. The van der Waals surface area contributed by atoms with E-state index >= 15 is 0 Å². The molecule has 0 fully saturated rings. The molecule has 5 rings (SSSR count). The molecular formula is C23H20N4O2S. The van der Waals surface area contributed by atoms with Crippen molar-refractivity contribution in [3.8, 4) is 28.6 Å². The Bertz CT molecular complexity index is 1160. The van der Waals surface area contributed by atoms with E-state index in [1.165, 1.54) is 0 Å². The third-order valence-corrected chi connectivity index (χ3v) is 5.95. The Morgan fingerprint density at radius 2 is 1.73 bits per heavy atom. The zero-order chi connectivity index (χ0) is 20.3. The summed E-state index contributed by atoms with van der Waals surface area (Å²) in [5.74, 6) is 3.07. The number of nitrogens with zero attached hydrogens (tertiary/aromatic N) is 4. The Morgan fingerprint density at radius 3 is 2.57 bits per heavy atom. The van der Waals surface area contributed by atoms with Gasteiger partial charge in [-0.05, 0) is 42.8 Å². The minimum absolute atomic E-state index is 0.0590. The third kappa shape index (κ3) is 3.64. The van der Waals surface area contributed by atoms with Crippen LogP contribution in [0.3, 0.4) is 0 Å². The van der Waals surface area contributed by atoms with Gasteiger partial charge in [-0.25, -0.2) is 0 Å². The highest BCUT2D eigenvalue weighted by molar-refractivity contribution is 7.99. The van der Waals surface area contributed by atoms with Crippen molar-refractivity contribution in [2.45, 2.75) is 18.2 Å². The number of aromatic nitrogens is 4. The summed E-state index contributed by atoms with van der Waals surface area (Å²) in [6.45, 7) is 2.61. The van der Waals surface area contributed by atoms with E-state index in [-0.39, 0.29) is 6.10 Å². The van der Waals surface area contributed by atoms with Gasteiger partial charge in [0.15, 0.2) is 22.5 Å². The summed E-state index contributed by atoms with van der Waals surface area (Å²) in [7, 11) is 0. The monoisotopic (exact) mass is 416 g/mol. The number of para-hydroxylation sites is 3. The van der Waals surface area contributed by atoms with Crippen molar-refractivity contribution in [1.29, 1.82) is 0 Å². The minimum Gasteiger partial charge on any atom is -0.486 e. The first kappa shape index (κ1) is 18.7. The molecule has 0 radical (unpaired) electrons. The van der Waals surface area contributed by atoms with Crippen molar-refractivity contribution in [3.63, 3.8) is 0 Å². The van der Waals surface area contributed by atoms with Crippen LogP contribution in [0.4, 0.5) is 0 Å². The molecule has 7 heteroatoms. The highest BCUT2D eigenvalue weighted by atomic mass is 32.2. The number of hydrogen-bond donors (Lipinski definition) is 0. The fourth-order valence-corrected chi connectivity index (χ4v) is 4.31. The van der Waals surface area contributed by atoms with E-state index in [1.54, 1.807) is 24.2 Å². The van der Waals surface area contributed by atoms with Crippen LogP contribution in [0.1, 0.15) is 5.56 Å². The lowest BCUT2D eigenvalue weighted by Gasteiger charge is -2.26. The molecule has 0 amide bonds. The lowest BCUT2D eigenvalue weighted by Crippen LogP contribution is -2.31. The maximum absolute atomic E-state index is 6.10. The Hall–Kier alpha value is -3.32. The summed E-state index contributed by atoms with van der Waals surface area (Å²) >= 11 is 1.62. The topological polar surface area (TPSA) is 62.1 Å². The van der Waals surface area contributed by atoms with Gasteiger partial charge in [0.2, 0.25) is 0 Å². The molecule has 0 bridgehead atoms. The fraction of sp³-hybridized carbons (Fsp3) is 0.174. The van der Waals surface area contributed by atoms with Crippen molar-refractivity contribution in [1.82, 2.24) is 19.7 Å². The molecule has 150 valence electrons. The normalized spacial score (nSPS) is 15.2. The molecule has 2 aromatic carbocycles. The van der Waals surface area contributed by atoms with E-state index in [2.05, 4.69) is 38.8 Å². The molecule has 0 saturated heterocycles. The first-order valence-corrected chi connectivity index (χ1v) is 10.7. The molecule has 1 aliphatic rings. The summed E-state index contributed by atoms with van der Waals surface area (Å²) in [4.78, 5) is 4.12. The molecule has 30 heavy (non-hydrogen) atoms. The number of ether oxygens (including phenoxy) is 2. The average Bonchev–Trinajstić information content (AvgIpc) is 3.22. The van der Waals surface area contributed by atoms with Gasteiger partial charge in [0.1, 0.15) is 12.7 Å². The van der Waals surface area contributed by atoms with Crippen LogP contribution in [0.2, 0.25) is 0 Å². The lowest BCUT2D eigenvalue weighted by molar-refractivity contribution is 0.107. The Labute approximate surface area is 178 Å². The van der Waals surface area contributed by atoms with Gasteiger partial charge >= 0.3 is 0 Å². The summed E-state index contributed by atoms with van der Waals surface area (Å²) < 4.78 is 14.1. The summed E-state index contributed by atoms with van der Waals surface area (Å²) in [5, 5.41) is 9.81. The zero-order valence-corrected chi connectivity index (χ0v) is 17.2. The van der Waals surface area contributed by atoms with E-state index in [0.717, 1.165) is 39.3 Å². The van der Waals surface area contributed by atoms with Crippen LogP contribution < -0.4 is 9.47 Å². The number of rotatable bonds is 5. The maximum atomic E-state index is 6.10. The molecule has 4 aromatic rings. The van der Waals surface area contributed by atoms with Crippen molar-refractivity contribution in [3.05, 3.63) is 78.6 Å². The van der Waals surface area contributed by atoms with Gasteiger partial charge in [0.05, 0.1) is 5.69 Å². The van der Waals surface area contributed by atoms with Gasteiger partial charge in [0.25, 0.3) is 0 Å². The predicted molar refractivity (Wildman–Crippen MR) is 116 cm³/mol. The van der Waals surface area contributed by atoms with Crippen LogP contribution >= 0.6 is 11.8 Å². The second-order valence-electron chi connectivity index (χ2n) is 6.97. The molecule has 2 aromatic heterocycles. The molecule has 0 aliphatic carbocycles. The number of benzene rings is 2. The smallest absolute Gasteiger partial charge is 0.196 e. The van der Waals surface area contributed by atoms with E-state index in [9.17, 15) is 0 Å². The Kier molecular flexibility index (Phi) is 5.11. The van der Waals surface area contributed by atoms with Gasteiger partial charge < -0.3 is 9.47 Å². The van der Waals surface area contributed by atoms with Gasteiger partial charge in [-0.2, -0.15) is 0 Å². The highest BCUT2D eigenvalue weighted by Gasteiger charge is 2.23. The van der Waals surface area contributed by atoms with Crippen LogP contribution in [-0.2, 0) is 0 Å². The van der Waals surface area contributed by atoms with E-state index in [4.69, 9.17) is 9.47 Å². The first-order valence-electron chi connectivity index (χ1n) is 9.73. The maximum Gasteiger partial charge on any atom is 0.196 e. The minimum atomic E-state index is -0.0590. The van der Waals surface area contributed by atoms with E-state index in [1.807, 2.05) is 48.5 Å². The molecule has 6 nitrogen and oxygen atoms in total. The second-order valence-corrected chi connectivity index (χ2v) is 7.96. The summed E-state index contributed by atoms with van der Waals surface area (Å²) in [6, 6.07) is 19.9. The van der Waals surface area contributed by atoms with Crippen LogP contribution in [0, 0.1) is 6.92 Å². The predicted octanol–water partition coefficient (Wildman–Crippen LogP) is 4.57. The molecule has 0 N–H and O–H groups in total. The highest BCUT2D eigenvalue weighted by Crippen LogP contribution is 2.34. The summed E-state index contributed by atoms with van der Waals surface area (Å²) in [6.07, 6.45) is 3.48. The SMILES string of the molecule is Cc1ccccc1-n1c(SC[C@H]2COc3ccccc3O2)nnc1-c1ccncc1. The van der Waals surface area contributed by atoms with E-state index < -0.39 is 0 Å².